The van der Waals surface area contributed by atoms with Gasteiger partial charge in [0.2, 0.25) is 5.43 Å². The number of rotatable bonds is 3. The average molecular weight is 388 g/mol. The van der Waals surface area contributed by atoms with Crippen LogP contribution in [0.4, 0.5) is 5.69 Å². The lowest BCUT2D eigenvalue weighted by Crippen LogP contribution is -2.37. The number of nitrogens with one attached hydrogen (secondary N) is 1. The molecule has 140 valence electrons. The summed E-state index contributed by atoms with van der Waals surface area (Å²) in [5.41, 5.74) is -0.533. The molecule has 0 aromatic heterocycles. The van der Waals surface area contributed by atoms with Crippen LogP contribution in [0, 0.1) is 0 Å². The maximum Gasteiger partial charge on any atom is 0.276 e. The van der Waals surface area contributed by atoms with Crippen LogP contribution in [-0.2, 0) is 14.8 Å². The van der Waals surface area contributed by atoms with Gasteiger partial charge in [0.25, 0.3) is 15.9 Å². The zero-order valence-electron chi connectivity index (χ0n) is 14.5. The number of sulfonamides is 1. The topological polar surface area (TPSA) is 113 Å². The zero-order valence-corrected chi connectivity index (χ0v) is 15.3. The first-order valence-electron chi connectivity index (χ1n) is 7.78. The number of carbonyl (C=O) groups excluding carboxylic acids is 1. The molecule has 0 saturated carbocycles. The number of benzene rings is 1. The Hall–Kier alpha value is -3.33. The molecule has 0 unspecified atom stereocenters. The van der Waals surface area contributed by atoms with Crippen LogP contribution < -0.4 is 15.5 Å². The molecular formula is C18H16N2O6S. The van der Waals surface area contributed by atoms with Crippen LogP contribution in [0.2, 0.25) is 0 Å². The van der Waals surface area contributed by atoms with Gasteiger partial charge in [-0.05, 0) is 36.4 Å². The average Bonchev–Trinajstić information content (AvgIpc) is 2.82. The van der Waals surface area contributed by atoms with Gasteiger partial charge in [-0.15, -0.1) is 0 Å². The Morgan fingerprint density at radius 3 is 2.48 bits per heavy atom. The fraction of sp³-hybridized carbons (Fsp3) is 0.111. The van der Waals surface area contributed by atoms with Crippen molar-refractivity contribution in [3.05, 3.63) is 70.0 Å². The summed E-state index contributed by atoms with van der Waals surface area (Å²) in [4.78, 5) is 24.3. The summed E-state index contributed by atoms with van der Waals surface area (Å²) in [6.45, 7) is 0. The fourth-order valence-electron chi connectivity index (χ4n) is 2.68. The molecular weight excluding hydrogens is 372 g/mol. The molecule has 3 rings (SSSR count). The molecule has 0 aliphatic carbocycles. The summed E-state index contributed by atoms with van der Waals surface area (Å²) < 4.78 is 30.9. The second-order valence-electron chi connectivity index (χ2n) is 5.67. The van der Waals surface area contributed by atoms with Crippen LogP contribution in [0.5, 0.6) is 5.75 Å². The minimum atomic E-state index is -3.99. The maximum atomic E-state index is 12.7. The van der Waals surface area contributed by atoms with Crippen LogP contribution in [-0.4, -0.2) is 37.9 Å². The van der Waals surface area contributed by atoms with Gasteiger partial charge < -0.3 is 15.2 Å². The van der Waals surface area contributed by atoms with Crippen molar-refractivity contribution in [2.75, 3.05) is 19.5 Å². The van der Waals surface area contributed by atoms with Gasteiger partial charge in [0.05, 0.1) is 12.0 Å². The number of fused-ring (bicyclic) bond motifs is 1. The van der Waals surface area contributed by atoms with Crippen LogP contribution in [0.25, 0.3) is 5.76 Å². The van der Waals surface area contributed by atoms with Crippen molar-refractivity contribution in [2.24, 2.45) is 0 Å². The third-order valence-corrected chi connectivity index (χ3v) is 5.90. The second-order valence-corrected chi connectivity index (χ2v) is 7.61. The Labute approximate surface area is 155 Å². The van der Waals surface area contributed by atoms with E-state index in [4.69, 9.17) is 4.74 Å². The van der Waals surface area contributed by atoms with Crippen LogP contribution in [0.15, 0.2) is 63.9 Å². The predicted octanol–water partition coefficient (Wildman–Crippen LogP) is 1.55. The summed E-state index contributed by atoms with van der Waals surface area (Å²) in [7, 11) is -1.46. The predicted molar refractivity (Wildman–Crippen MR) is 98.8 cm³/mol. The lowest BCUT2D eigenvalue weighted by molar-refractivity contribution is -0.113. The quantitative estimate of drug-likeness (QED) is 0.825. The molecule has 2 N–H and O–H groups in total. The third kappa shape index (κ3) is 3.13. The standard InChI is InChI=1S/C18H16N2O6S/c1-20-16(17(22)12-5-3-4-6-15(12)27(20,24)25)18(23)19-11-7-9-13(21)14(26-2)10-8-11/h3-10,22H,1-2H3,(H,19,23). The Bertz CT molecular complexity index is 1120. The number of ether oxygens (including phenoxy) is 1. The normalized spacial score (nSPS) is 15.1. The number of carbonyl (C=O) groups is 1. The van der Waals surface area contributed by atoms with E-state index in [0.29, 0.717) is 0 Å². The van der Waals surface area contributed by atoms with Crippen molar-refractivity contribution < 1.29 is 23.1 Å². The summed E-state index contributed by atoms with van der Waals surface area (Å²) in [6.07, 6.45) is 0. The second kappa shape index (κ2) is 6.76. The Kier molecular flexibility index (Phi) is 4.63. The number of hydrogen-bond donors (Lipinski definition) is 2. The minimum Gasteiger partial charge on any atom is -0.505 e. The lowest BCUT2D eigenvalue weighted by Gasteiger charge is -2.28. The van der Waals surface area contributed by atoms with Crippen LogP contribution >= 0.6 is 0 Å². The number of aliphatic hydroxyl groups excluding tert-OH is 1. The van der Waals surface area contributed by atoms with E-state index in [1.165, 1.54) is 56.6 Å². The minimum absolute atomic E-state index is 0.0443. The monoisotopic (exact) mass is 388 g/mol. The number of amides is 1. The number of anilines is 1. The molecule has 0 radical (unpaired) electrons. The first-order chi connectivity index (χ1) is 12.8. The van der Waals surface area contributed by atoms with E-state index in [2.05, 4.69) is 5.32 Å². The van der Waals surface area contributed by atoms with E-state index in [9.17, 15) is 23.1 Å². The molecule has 0 atom stereocenters. The number of likely N-dealkylation sites (N-methyl/N-ethyl adjacent to an activating group) is 1. The zero-order chi connectivity index (χ0) is 19.8. The highest BCUT2D eigenvalue weighted by Crippen LogP contribution is 2.34. The molecule has 0 saturated heterocycles. The smallest absolute Gasteiger partial charge is 0.276 e. The summed E-state index contributed by atoms with van der Waals surface area (Å²) in [6, 6.07) is 11.2. The van der Waals surface area contributed by atoms with E-state index in [1.54, 1.807) is 6.07 Å². The van der Waals surface area contributed by atoms with Gasteiger partial charge in [-0.25, -0.2) is 8.42 Å². The molecule has 1 aliphatic rings. The molecule has 27 heavy (non-hydrogen) atoms. The van der Waals surface area contributed by atoms with Gasteiger partial charge in [-0.3, -0.25) is 13.9 Å². The molecule has 2 aromatic rings. The van der Waals surface area contributed by atoms with E-state index >= 15 is 0 Å². The van der Waals surface area contributed by atoms with Gasteiger partial charge >= 0.3 is 0 Å². The molecule has 0 spiro atoms. The highest BCUT2D eigenvalue weighted by molar-refractivity contribution is 7.89. The van der Waals surface area contributed by atoms with Crippen LogP contribution in [0.1, 0.15) is 5.56 Å². The van der Waals surface area contributed by atoms with E-state index in [1.807, 2.05) is 0 Å². The molecule has 2 aromatic carbocycles. The SMILES string of the molecule is COc1ccc(NC(=O)C2=C(O)c3ccccc3S(=O)(=O)N2C)ccc1=O. The number of aliphatic hydroxyl groups is 1. The molecule has 0 bridgehead atoms. The number of methoxy groups -OCH3 is 1. The molecule has 8 nitrogen and oxygen atoms in total. The van der Waals surface area contributed by atoms with Crippen molar-refractivity contribution in [1.29, 1.82) is 0 Å². The molecule has 0 fully saturated rings. The van der Waals surface area contributed by atoms with Gasteiger partial charge in [0, 0.05) is 18.3 Å². The molecule has 9 heteroatoms. The third-order valence-electron chi connectivity index (χ3n) is 4.08. The van der Waals surface area contributed by atoms with Crippen molar-refractivity contribution in [2.45, 2.75) is 4.90 Å². The molecule has 1 heterocycles. The molecule has 1 amide bonds. The first kappa shape index (κ1) is 18.5. The highest BCUT2D eigenvalue weighted by atomic mass is 32.2. The van der Waals surface area contributed by atoms with Gasteiger partial charge in [0.1, 0.15) is 0 Å². The van der Waals surface area contributed by atoms with Crippen molar-refractivity contribution in [3.8, 4) is 5.75 Å². The highest BCUT2D eigenvalue weighted by Gasteiger charge is 2.37. The lowest BCUT2D eigenvalue weighted by atomic mass is 10.1. The summed E-state index contributed by atoms with van der Waals surface area (Å²) in [5, 5.41) is 13.0. The Morgan fingerprint density at radius 2 is 1.78 bits per heavy atom. The van der Waals surface area contributed by atoms with E-state index in [0.717, 1.165) is 4.31 Å². The summed E-state index contributed by atoms with van der Waals surface area (Å²) in [5.74, 6) is -1.21. The Morgan fingerprint density at radius 1 is 1.11 bits per heavy atom. The molecule has 1 aliphatic heterocycles. The van der Waals surface area contributed by atoms with Crippen LogP contribution in [0.3, 0.4) is 0 Å². The van der Waals surface area contributed by atoms with E-state index < -0.39 is 27.4 Å². The fourth-order valence-corrected chi connectivity index (χ4v) is 4.07. The summed E-state index contributed by atoms with van der Waals surface area (Å²) >= 11 is 0. The largest absolute Gasteiger partial charge is 0.505 e. The maximum absolute atomic E-state index is 12.7. The van der Waals surface area contributed by atoms with Gasteiger partial charge in [-0.1, -0.05) is 12.1 Å². The van der Waals surface area contributed by atoms with Crippen molar-refractivity contribution >= 4 is 27.4 Å². The Balaban J connectivity index is 2.05. The first-order valence-corrected chi connectivity index (χ1v) is 9.22. The van der Waals surface area contributed by atoms with Gasteiger partial charge in [0.15, 0.2) is 17.2 Å². The van der Waals surface area contributed by atoms with E-state index in [-0.39, 0.29) is 27.3 Å². The van der Waals surface area contributed by atoms with Crippen molar-refractivity contribution in [3.63, 3.8) is 0 Å². The number of nitrogens with zero attached hydrogens (tertiary/aromatic N) is 1. The number of hydrogen-bond acceptors (Lipinski definition) is 6. The van der Waals surface area contributed by atoms with Gasteiger partial charge in [-0.2, -0.15) is 0 Å². The van der Waals surface area contributed by atoms with Crippen molar-refractivity contribution in [1.82, 2.24) is 4.31 Å².